The standard InChI is InChI=1S/C46H28N6.C40H23N5O.C34H19N5/c1-3-15-35(16-4-1)49(36-17-5-2-6-18-36)37-21-19-29(20-22-37)34-27-42-44-43(28-34)51-41-26-33-14-10-8-12-31(33)24-39(41)48-46(51)52(44)45-47-38-23-30-11-7-9-13-32(30)25-40(38)50(42)45;1-2-12-30(13-3-1)46-31-16-14-24(15-17-31)29-22-36-38-37(23-29)44-35-21-28-11-7-5-9-26(28)19-33(35)42-40(44)45(38)39-41-32-18-25-8-4-6-10-27(25)20-34(32)43(36)39;1-2-8-20(9-3-1)25-18-30-32-31(19-25)38-29-17-24-13-7-5-11-22(24)15-27(29)36-34(38)39(32)33-35-26-14-21-10-4-6-12-23(21)16-28(26)37(30)33/h1-28H;1-23H;1-19H/i;;1D,2D,3D,8D,9D. The van der Waals surface area contributed by atoms with Crippen LogP contribution in [0.5, 0.6) is 11.5 Å². The monoisotopic (exact) mass is 1760 g/mol. The van der Waals surface area contributed by atoms with Crippen molar-refractivity contribution in [1.82, 2.24) is 69.5 Å². The summed E-state index contributed by atoms with van der Waals surface area (Å²) in [5.41, 5.74) is 29.4. The molecule has 33 rings (SSSR count). The van der Waals surface area contributed by atoms with Gasteiger partial charge in [-0.15, -0.1) is 0 Å². The van der Waals surface area contributed by atoms with Gasteiger partial charge in [0.05, 0.1) is 106 Å². The minimum atomic E-state index is -0.412. The Bertz CT molecular complexity index is 10700. The van der Waals surface area contributed by atoms with Crippen molar-refractivity contribution in [3.63, 3.8) is 0 Å². The van der Waals surface area contributed by atoms with Gasteiger partial charge in [0.1, 0.15) is 28.0 Å². The molecular formula is C120H70N16O. The molecule has 0 N–H and O–H groups in total. The van der Waals surface area contributed by atoms with Gasteiger partial charge in [0, 0.05) is 17.1 Å². The maximum Gasteiger partial charge on any atom is 0.223 e. The summed E-state index contributed by atoms with van der Waals surface area (Å²) in [4.78, 5) is 33.6. The zero-order valence-corrected chi connectivity index (χ0v) is 72.6. The number of anilines is 3. The van der Waals surface area contributed by atoms with E-state index in [2.05, 4.69) is 360 Å². The molecule has 21 aromatic carbocycles. The minimum absolute atomic E-state index is 0.160. The number of fused-ring (bicyclic) bond motifs is 36. The van der Waals surface area contributed by atoms with E-state index < -0.39 is 6.04 Å². The zero-order chi connectivity index (χ0) is 93.4. The Labute approximate surface area is 782 Å². The molecule has 0 aliphatic rings. The number of ether oxygens (including phenoxy) is 1. The fraction of sp³-hybridized carbons (Fsp3) is 0. The Kier molecular flexibility index (Phi) is 14.0. The van der Waals surface area contributed by atoms with Crippen molar-refractivity contribution in [2.45, 2.75) is 0 Å². The molecule has 0 amide bonds. The molecule has 0 spiro atoms. The molecule has 12 aromatic heterocycles. The van der Waals surface area contributed by atoms with Gasteiger partial charge in [-0.2, -0.15) is 0 Å². The van der Waals surface area contributed by atoms with E-state index in [9.17, 15) is 0 Å². The average molecular weight is 1760 g/mol. The number of imidazole rings is 12. The highest BCUT2D eigenvalue weighted by Crippen LogP contribution is 2.46. The highest BCUT2D eigenvalue weighted by molar-refractivity contribution is 6.14. The van der Waals surface area contributed by atoms with Crippen molar-refractivity contribution < 1.29 is 11.6 Å². The van der Waals surface area contributed by atoms with Crippen LogP contribution in [-0.4, -0.2) is 69.5 Å². The van der Waals surface area contributed by atoms with Crippen molar-refractivity contribution in [2.24, 2.45) is 0 Å². The van der Waals surface area contributed by atoms with Crippen molar-refractivity contribution in [3.8, 4) is 44.9 Å². The largest absolute Gasteiger partial charge is 0.457 e. The summed E-state index contributed by atoms with van der Waals surface area (Å²) in [6.45, 7) is 0. The Balaban J connectivity index is 0.0000000980. The summed E-state index contributed by atoms with van der Waals surface area (Å²) in [6.07, 6.45) is 0. The first-order valence-electron chi connectivity index (χ1n) is 48.3. The molecule has 0 aliphatic heterocycles. The van der Waals surface area contributed by atoms with Crippen LogP contribution in [0.1, 0.15) is 6.85 Å². The smallest absolute Gasteiger partial charge is 0.223 e. The lowest BCUT2D eigenvalue weighted by Gasteiger charge is -2.25. The molecule has 33 aromatic rings. The molecule has 17 nitrogen and oxygen atoms in total. The SMILES string of the molecule is [2H]c1c([2H])c([2H])c(-c2cc3c4c(c2)n2c5cc6ccccc6cc5nc2n4c2nc4cc5ccccc5cc4n32)c([2H])c1[2H].c1ccc(N(c2ccccc2)c2ccc(-c3cc4c5c(c3)n3c6cc7ccccc7cc6nc3n5c3nc5cc6ccccc6cc5n43)cc2)cc1.c1ccc(Oc2ccc(-c3cc4c5c(c3)n3c6cc7ccccc7cc6nc3n5c3nc5cc6ccccc6cc5n43)cc2)cc1. The Hall–Kier alpha value is -19.0. The van der Waals surface area contributed by atoms with E-state index in [1.54, 1.807) is 0 Å². The minimum Gasteiger partial charge on any atom is -0.457 e. The van der Waals surface area contributed by atoms with E-state index in [0.717, 1.165) is 211 Å². The van der Waals surface area contributed by atoms with Crippen LogP contribution < -0.4 is 9.64 Å². The second-order valence-electron chi connectivity index (χ2n) is 35.7. The Morgan fingerprint density at radius 1 is 0.182 bits per heavy atom. The van der Waals surface area contributed by atoms with Crippen LogP contribution in [-0.2, 0) is 0 Å². The summed E-state index contributed by atoms with van der Waals surface area (Å²) in [7, 11) is 0. The van der Waals surface area contributed by atoms with Crippen molar-refractivity contribution in [3.05, 3.63) is 425 Å². The van der Waals surface area contributed by atoms with Crippen LogP contribution >= 0.6 is 0 Å². The lowest BCUT2D eigenvalue weighted by Crippen LogP contribution is -2.09. The van der Waals surface area contributed by atoms with E-state index in [1.165, 1.54) is 43.1 Å². The molecule has 636 valence electrons. The van der Waals surface area contributed by atoms with Crippen molar-refractivity contribution >= 4 is 232 Å². The quantitative estimate of drug-likeness (QED) is 0.147. The van der Waals surface area contributed by atoms with Gasteiger partial charge in [-0.05, 0) is 268 Å². The molecule has 17 heteroatoms. The third kappa shape index (κ3) is 10.8. The number of hydrogen-bond donors (Lipinski definition) is 0. The summed E-state index contributed by atoms with van der Waals surface area (Å²) in [6, 6.07) is 136. The second-order valence-corrected chi connectivity index (χ2v) is 35.7. The van der Waals surface area contributed by atoms with E-state index in [4.69, 9.17) is 41.5 Å². The first kappa shape index (κ1) is 69.0. The maximum absolute atomic E-state index is 8.76. The van der Waals surface area contributed by atoms with Gasteiger partial charge in [-0.25, -0.2) is 43.1 Å². The Morgan fingerprint density at radius 3 is 0.672 bits per heavy atom. The number of para-hydroxylation sites is 3. The topological polar surface area (TPSA) is 130 Å². The third-order valence-electron chi connectivity index (χ3n) is 28.0. The molecule has 0 radical (unpaired) electrons. The molecule has 137 heavy (non-hydrogen) atoms. The zero-order valence-electron chi connectivity index (χ0n) is 77.6. The second kappa shape index (κ2) is 27.8. The normalized spacial score (nSPS) is 12.9. The summed E-state index contributed by atoms with van der Waals surface area (Å²) >= 11 is 0. The van der Waals surface area contributed by atoms with Gasteiger partial charge in [-0.3, -0.25) is 26.4 Å². The lowest BCUT2D eigenvalue weighted by atomic mass is 10.0. The molecular weight excluding hydrogens is 1680 g/mol. The van der Waals surface area contributed by atoms with E-state index in [-0.39, 0.29) is 29.7 Å². The van der Waals surface area contributed by atoms with Gasteiger partial charge >= 0.3 is 0 Å². The molecule has 0 bridgehead atoms. The molecule has 0 saturated heterocycles. The predicted molar refractivity (Wildman–Crippen MR) is 558 cm³/mol. The van der Waals surface area contributed by atoms with Crippen LogP contribution in [0, 0.1) is 0 Å². The van der Waals surface area contributed by atoms with Gasteiger partial charge in [0.2, 0.25) is 34.7 Å². The van der Waals surface area contributed by atoms with Crippen molar-refractivity contribution in [2.75, 3.05) is 4.90 Å². The lowest BCUT2D eigenvalue weighted by molar-refractivity contribution is 0.483. The van der Waals surface area contributed by atoms with Crippen LogP contribution in [0.4, 0.5) is 17.1 Å². The predicted octanol–water partition coefficient (Wildman–Crippen LogP) is 29.6. The van der Waals surface area contributed by atoms with Gasteiger partial charge in [0.25, 0.3) is 0 Å². The van der Waals surface area contributed by atoms with Crippen LogP contribution in [0.3, 0.4) is 0 Å². The number of hydrogen-bond acceptors (Lipinski definition) is 8. The van der Waals surface area contributed by atoms with E-state index >= 15 is 0 Å². The first-order valence-corrected chi connectivity index (χ1v) is 45.8. The maximum atomic E-state index is 8.76. The highest BCUT2D eigenvalue weighted by atomic mass is 16.5. The molecule has 0 aliphatic carbocycles. The summed E-state index contributed by atoms with van der Waals surface area (Å²) < 4.78 is 68.5. The fourth-order valence-electron chi connectivity index (χ4n) is 21.8. The molecule has 0 unspecified atom stereocenters. The molecule has 0 saturated carbocycles. The fourth-order valence-corrected chi connectivity index (χ4v) is 21.8. The van der Waals surface area contributed by atoms with Crippen LogP contribution in [0.15, 0.2) is 425 Å². The van der Waals surface area contributed by atoms with Crippen molar-refractivity contribution in [1.29, 1.82) is 0 Å². The highest BCUT2D eigenvalue weighted by Gasteiger charge is 2.31. The number of benzene rings is 21. The number of aromatic nitrogens is 15. The van der Waals surface area contributed by atoms with Gasteiger partial charge in [0.15, 0.2) is 0 Å². The summed E-state index contributed by atoms with van der Waals surface area (Å²) in [5, 5.41) is 13.9. The van der Waals surface area contributed by atoms with Crippen LogP contribution in [0.25, 0.3) is 249 Å². The van der Waals surface area contributed by atoms with E-state index in [1.807, 2.05) is 78.9 Å². The average Bonchev–Trinajstić information content (AvgIpc) is 1.52. The van der Waals surface area contributed by atoms with Gasteiger partial charge in [-0.1, -0.05) is 255 Å². The summed E-state index contributed by atoms with van der Waals surface area (Å²) in [5.74, 6) is 6.49. The number of rotatable bonds is 8. The van der Waals surface area contributed by atoms with Gasteiger partial charge < -0.3 is 9.64 Å². The Morgan fingerprint density at radius 2 is 0.401 bits per heavy atom. The van der Waals surface area contributed by atoms with Crippen LogP contribution in [0.2, 0.25) is 0 Å². The first-order chi connectivity index (χ1) is 69.9. The molecule has 0 fully saturated rings. The molecule has 12 heterocycles. The van der Waals surface area contributed by atoms with E-state index in [0.29, 0.717) is 17.1 Å². The third-order valence-corrected chi connectivity index (χ3v) is 28.0. The molecule has 0 atom stereocenters. The number of nitrogens with zero attached hydrogens (tertiary/aromatic N) is 16.